The zero-order chi connectivity index (χ0) is 14.8. The monoisotopic (exact) mass is 269 g/mol. The number of aromatic hydroxyl groups is 1. The van der Waals surface area contributed by atoms with Crippen LogP contribution in [0.2, 0.25) is 0 Å². The van der Waals surface area contributed by atoms with Crippen molar-refractivity contribution in [2.75, 3.05) is 20.6 Å². The van der Waals surface area contributed by atoms with Gasteiger partial charge in [-0.3, -0.25) is 0 Å². The average Bonchev–Trinajstić information content (AvgIpc) is 2.24. The highest BCUT2D eigenvalue weighted by molar-refractivity contribution is 5.33. The Balaban J connectivity index is 3.25. The molecule has 0 spiro atoms. The van der Waals surface area contributed by atoms with Gasteiger partial charge >= 0.3 is 0 Å². The Labute approximate surface area is 114 Å². The minimum atomic E-state index is -1.18. The van der Waals surface area contributed by atoms with E-state index in [4.69, 9.17) is 0 Å². The summed E-state index contributed by atoms with van der Waals surface area (Å²) in [4.78, 5) is 1.98. The van der Waals surface area contributed by atoms with Crippen LogP contribution in [0.15, 0.2) is 18.2 Å². The van der Waals surface area contributed by atoms with Crippen molar-refractivity contribution >= 4 is 0 Å². The summed E-state index contributed by atoms with van der Waals surface area (Å²) in [6, 6.07) is 3.78. The first-order valence-corrected chi connectivity index (χ1v) is 6.55. The van der Waals surface area contributed by atoms with Crippen molar-refractivity contribution in [3.05, 3.63) is 29.6 Å². The molecule has 0 aliphatic heterocycles. The van der Waals surface area contributed by atoms with E-state index in [1.807, 2.05) is 39.8 Å². The largest absolute Gasteiger partial charge is 0.508 e. The number of phenols is 1. The molecule has 4 heteroatoms. The molecule has 0 unspecified atom stereocenters. The zero-order valence-electron chi connectivity index (χ0n) is 12.3. The second kappa shape index (κ2) is 5.88. The van der Waals surface area contributed by atoms with Gasteiger partial charge in [0.1, 0.15) is 11.6 Å². The van der Waals surface area contributed by atoms with E-state index in [0.29, 0.717) is 12.1 Å². The van der Waals surface area contributed by atoms with Crippen molar-refractivity contribution in [1.29, 1.82) is 0 Å². The molecule has 0 saturated carbocycles. The third-order valence-electron chi connectivity index (χ3n) is 3.62. The maximum absolute atomic E-state index is 13.5. The first-order chi connectivity index (χ1) is 8.67. The second-order valence-corrected chi connectivity index (χ2v) is 5.84. The summed E-state index contributed by atoms with van der Waals surface area (Å²) < 4.78 is 13.5. The maximum Gasteiger partial charge on any atom is 0.127 e. The Kier molecular flexibility index (Phi) is 4.93. The van der Waals surface area contributed by atoms with Crippen LogP contribution in [0.1, 0.15) is 26.3 Å². The van der Waals surface area contributed by atoms with Crippen molar-refractivity contribution in [1.82, 2.24) is 4.90 Å². The first-order valence-electron chi connectivity index (χ1n) is 6.55. The molecule has 0 aliphatic carbocycles. The maximum atomic E-state index is 13.5. The molecule has 1 aromatic carbocycles. The van der Waals surface area contributed by atoms with Crippen LogP contribution in [0.25, 0.3) is 0 Å². The Morgan fingerprint density at radius 3 is 2.21 bits per heavy atom. The van der Waals surface area contributed by atoms with Gasteiger partial charge in [-0.15, -0.1) is 0 Å². The molecule has 1 aromatic rings. The van der Waals surface area contributed by atoms with Gasteiger partial charge in [-0.25, -0.2) is 4.39 Å². The minimum Gasteiger partial charge on any atom is -0.508 e. The summed E-state index contributed by atoms with van der Waals surface area (Å²) in [6.45, 7) is 6.40. The highest BCUT2D eigenvalue weighted by Gasteiger charge is 2.39. The van der Waals surface area contributed by atoms with Gasteiger partial charge in [-0.2, -0.15) is 0 Å². The van der Waals surface area contributed by atoms with E-state index in [2.05, 4.69) is 0 Å². The number of benzene rings is 1. The summed E-state index contributed by atoms with van der Waals surface area (Å²) >= 11 is 0. The molecule has 2 atom stereocenters. The van der Waals surface area contributed by atoms with Crippen LogP contribution in [0.3, 0.4) is 0 Å². The van der Waals surface area contributed by atoms with E-state index in [1.54, 1.807) is 0 Å². The average molecular weight is 269 g/mol. The van der Waals surface area contributed by atoms with Crippen molar-refractivity contribution in [3.63, 3.8) is 0 Å². The molecule has 0 bridgehead atoms. The molecule has 108 valence electrons. The second-order valence-electron chi connectivity index (χ2n) is 5.84. The molecular formula is C15H24FNO2. The third-order valence-corrected chi connectivity index (χ3v) is 3.62. The lowest BCUT2D eigenvalue weighted by atomic mass is 9.74. The molecule has 0 saturated heterocycles. The van der Waals surface area contributed by atoms with E-state index < -0.39 is 11.4 Å². The Morgan fingerprint density at radius 2 is 1.79 bits per heavy atom. The highest BCUT2D eigenvalue weighted by Crippen LogP contribution is 2.38. The lowest BCUT2D eigenvalue weighted by Gasteiger charge is -2.39. The predicted molar refractivity (Wildman–Crippen MR) is 74.5 cm³/mol. The Hall–Kier alpha value is -1.13. The quantitative estimate of drug-likeness (QED) is 0.863. The SMILES string of the molecule is CC(C)[C@](O)(c1cc(O)cc(F)c1)[C@H](C)CN(C)C. The molecule has 0 aromatic heterocycles. The molecule has 19 heavy (non-hydrogen) atoms. The number of hydrogen-bond donors (Lipinski definition) is 2. The smallest absolute Gasteiger partial charge is 0.127 e. The molecule has 0 radical (unpaired) electrons. The van der Waals surface area contributed by atoms with Crippen LogP contribution < -0.4 is 0 Å². The number of aliphatic hydroxyl groups is 1. The topological polar surface area (TPSA) is 43.7 Å². The van der Waals surface area contributed by atoms with Gasteiger partial charge in [-0.1, -0.05) is 20.8 Å². The number of rotatable bonds is 5. The predicted octanol–water partition coefficient (Wildman–Crippen LogP) is 2.57. The van der Waals surface area contributed by atoms with Crippen LogP contribution in [0, 0.1) is 17.7 Å². The first kappa shape index (κ1) is 15.9. The number of phenolic OH excluding ortho intramolecular Hbond substituents is 1. The molecule has 2 N–H and O–H groups in total. The van der Waals surface area contributed by atoms with Crippen LogP contribution in [-0.4, -0.2) is 35.8 Å². The fraction of sp³-hybridized carbons (Fsp3) is 0.600. The van der Waals surface area contributed by atoms with E-state index in [9.17, 15) is 14.6 Å². The molecule has 3 nitrogen and oxygen atoms in total. The molecular weight excluding hydrogens is 245 g/mol. The lowest BCUT2D eigenvalue weighted by Crippen LogP contribution is -2.43. The molecule has 0 aliphatic rings. The minimum absolute atomic E-state index is 0.0938. The van der Waals surface area contributed by atoms with Crippen molar-refractivity contribution in [2.45, 2.75) is 26.4 Å². The van der Waals surface area contributed by atoms with E-state index in [1.165, 1.54) is 12.1 Å². The fourth-order valence-electron chi connectivity index (χ4n) is 2.68. The van der Waals surface area contributed by atoms with Crippen molar-refractivity contribution in [2.24, 2.45) is 11.8 Å². The molecule has 0 amide bonds. The Morgan fingerprint density at radius 1 is 1.21 bits per heavy atom. The fourth-order valence-corrected chi connectivity index (χ4v) is 2.68. The summed E-state index contributed by atoms with van der Waals surface area (Å²) in [5.74, 6) is -0.885. The van der Waals surface area contributed by atoms with E-state index in [-0.39, 0.29) is 17.6 Å². The van der Waals surface area contributed by atoms with Crippen molar-refractivity contribution in [3.8, 4) is 5.75 Å². The number of nitrogens with zero attached hydrogens (tertiary/aromatic N) is 1. The summed E-state index contributed by atoms with van der Waals surface area (Å²) in [7, 11) is 3.86. The van der Waals surface area contributed by atoms with Gasteiger partial charge < -0.3 is 15.1 Å². The van der Waals surface area contributed by atoms with E-state index >= 15 is 0 Å². The lowest BCUT2D eigenvalue weighted by molar-refractivity contribution is -0.0660. The van der Waals surface area contributed by atoms with Crippen LogP contribution >= 0.6 is 0 Å². The van der Waals surface area contributed by atoms with Crippen LogP contribution in [-0.2, 0) is 5.60 Å². The third kappa shape index (κ3) is 3.45. The summed E-state index contributed by atoms with van der Waals surface area (Å²) in [6.07, 6.45) is 0. The molecule has 1 rings (SSSR count). The number of hydrogen-bond acceptors (Lipinski definition) is 3. The standard InChI is InChI=1S/C15H24FNO2/c1-10(2)15(19,11(3)9-17(4)5)12-6-13(16)8-14(18)7-12/h6-8,10-11,18-19H,9H2,1-5H3/t11-,15-/m1/s1. The van der Waals surface area contributed by atoms with Gasteiger partial charge in [0.05, 0.1) is 5.60 Å². The molecule has 0 fully saturated rings. The Bertz CT molecular complexity index is 414. The normalized spacial score (nSPS) is 16.7. The van der Waals surface area contributed by atoms with Crippen LogP contribution in [0.5, 0.6) is 5.75 Å². The van der Waals surface area contributed by atoms with Gasteiger partial charge in [-0.05, 0) is 37.7 Å². The van der Waals surface area contributed by atoms with E-state index in [0.717, 1.165) is 6.07 Å². The highest BCUT2D eigenvalue weighted by atomic mass is 19.1. The number of halogens is 1. The van der Waals surface area contributed by atoms with Crippen molar-refractivity contribution < 1.29 is 14.6 Å². The summed E-state index contributed by atoms with van der Waals surface area (Å²) in [5, 5.41) is 20.6. The molecule has 0 heterocycles. The van der Waals surface area contributed by atoms with Gasteiger partial charge in [0, 0.05) is 18.5 Å². The summed E-state index contributed by atoms with van der Waals surface area (Å²) in [5.41, 5.74) is -0.751. The van der Waals surface area contributed by atoms with Gasteiger partial charge in [0.25, 0.3) is 0 Å². The van der Waals surface area contributed by atoms with Gasteiger partial charge in [0.15, 0.2) is 0 Å². The zero-order valence-corrected chi connectivity index (χ0v) is 12.3. The van der Waals surface area contributed by atoms with Gasteiger partial charge in [0.2, 0.25) is 0 Å². The van der Waals surface area contributed by atoms with Crippen LogP contribution in [0.4, 0.5) is 4.39 Å².